The Morgan fingerprint density at radius 1 is 0.920 bits per heavy atom. The van der Waals surface area contributed by atoms with Gasteiger partial charge < -0.3 is 9.52 Å². The molecule has 2 aromatic rings. The molecule has 0 fully saturated rings. The van der Waals surface area contributed by atoms with Crippen molar-refractivity contribution < 1.29 is 9.52 Å². The van der Waals surface area contributed by atoms with Crippen molar-refractivity contribution in [3.05, 3.63) is 35.7 Å². The zero-order valence-electron chi connectivity index (χ0n) is 15.9. The van der Waals surface area contributed by atoms with Gasteiger partial charge in [0.05, 0.1) is 6.20 Å². The monoisotopic (exact) mass is 343 g/mol. The van der Waals surface area contributed by atoms with Gasteiger partial charge in [-0.25, -0.2) is 4.98 Å². The van der Waals surface area contributed by atoms with E-state index in [0.29, 0.717) is 11.6 Å². The van der Waals surface area contributed by atoms with Crippen LogP contribution in [0, 0.1) is 6.92 Å². The molecule has 3 heteroatoms. The zero-order valence-corrected chi connectivity index (χ0v) is 15.9. The fourth-order valence-corrected chi connectivity index (χ4v) is 3.44. The Bertz CT molecular complexity index is 605. The molecule has 0 atom stereocenters. The molecule has 0 saturated heterocycles. The predicted octanol–water partition coefficient (Wildman–Crippen LogP) is 6.82. The Labute approximate surface area is 152 Å². The maximum Gasteiger partial charge on any atom is 0.226 e. The minimum atomic E-state index is 0.356. The van der Waals surface area contributed by atoms with Crippen molar-refractivity contribution in [1.29, 1.82) is 0 Å². The molecule has 1 aromatic carbocycles. The molecule has 0 spiro atoms. The molecule has 1 aromatic heterocycles. The number of phenolic OH excluding ortho intramolecular Hbond substituents is 1. The van der Waals surface area contributed by atoms with Crippen LogP contribution in [0.4, 0.5) is 0 Å². The Hall–Kier alpha value is -1.77. The lowest BCUT2D eigenvalue weighted by molar-refractivity contribution is 0.465. The van der Waals surface area contributed by atoms with Crippen molar-refractivity contribution in [2.75, 3.05) is 0 Å². The topological polar surface area (TPSA) is 46.3 Å². The molecule has 0 radical (unpaired) electrons. The Morgan fingerprint density at radius 3 is 2.16 bits per heavy atom. The highest BCUT2D eigenvalue weighted by molar-refractivity contribution is 5.67. The molecular formula is C22H33NO2. The third-order valence-electron chi connectivity index (χ3n) is 4.92. The largest absolute Gasteiger partial charge is 0.508 e. The number of rotatable bonds is 12. The summed E-state index contributed by atoms with van der Waals surface area (Å²) in [6.45, 7) is 4.31. The summed E-state index contributed by atoms with van der Waals surface area (Å²) in [6, 6.07) is 3.71. The highest BCUT2D eigenvalue weighted by atomic mass is 16.3. The lowest BCUT2D eigenvalue weighted by atomic mass is 9.95. The smallest absolute Gasteiger partial charge is 0.226 e. The normalized spacial score (nSPS) is 11.1. The van der Waals surface area contributed by atoms with Gasteiger partial charge in [-0.1, -0.05) is 70.8 Å². The maximum atomic E-state index is 10.3. The first-order valence-electron chi connectivity index (χ1n) is 9.95. The number of aromatic nitrogens is 1. The first kappa shape index (κ1) is 19.6. The van der Waals surface area contributed by atoms with Gasteiger partial charge in [0.2, 0.25) is 5.89 Å². The summed E-state index contributed by atoms with van der Waals surface area (Å²) < 4.78 is 5.47. The fraction of sp³-hybridized carbons (Fsp3) is 0.591. The molecule has 1 heterocycles. The number of aromatic hydroxyl groups is 1. The summed E-state index contributed by atoms with van der Waals surface area (Å²) in [4.78, 5) is 4.27. The van der Waals surface area contributed by atoms with E-state index >= 15 is 0 Å². The molecule has 3 nitrogen and oxygen atoms in total. The second-order valence-electron chi connectivity index (χ2n) is 7.02. The number of hydrogen-bond acceptors (Lipinski definition) is 3. The molecule has 0 saturated carbocycles. The van der Waals surface area contributed by atoms with Gasteiger partial charge in [-0.05, 0) is 31.4 Å². The molecule has 0 aliphatic rings. The van der Waals surface area contributed by atoms with Gasteiger partial charge in [0.1, 0.15) is 12.0 Å². The Morgan fingerprint density at radius 2 is 1.56 bits per heavy atom. The van der Waals surface area contributed by atoms with Crippen molar-refractivity contribution in [3.63, 3.8) is 0 Å². The van der Waals surface area contributed by atoms with Gasteiger partial charge in [0.15, 0.2) is 0 Å². The average molecular weight is 344 g/mol. The average Bonchev–Trinajstić information content (AvgIpc) is 3.13. The summed E-state index contributed by atoms with van der Waals surface area (Å²) >= 11 is 0. The number of hydrogen-bond donors (Lipinski definition) is 1. The molecule has 0 unspecified atom stereocenters. The first-order chi connectivity index (χ1) is 12.2. The van der Waals surface area contributed by atoms with Crippen LogP contribution >= 0.6 is 0 Å². The zero-order chi connectivity index (χ0) is 17.9. The minimum Gasteiger partial charge on any atom is -0.508 e. The van der Waals surface area contributed by atoms with Crippen molar-refractivity contribution in [2.24, 2.45) is 0 Å². The van der Waals surface area contributed by atoms with Crippen LogP contribution in [0.5, 0.6) is 5.75 Å². The fourth-order valence-electron chi connectivity index (χ4n) is 3.44. The number of phenols is 1. The van der Waals surface area contributed by atoms with Crippen LogP contribution < -0.4 is 0 Å². The number of benzene rings is 1. The second-order valence-corrected chi connectivity index (χ2v) is 7.02. The van der Waals surface area contributed by atoms with E-state index in [1.54, 1.807) is 18.5 Å². The molecule has 0 aliphatic carbocycles. The van der Waals surface area contributed by atoms with E-state index in [2.05, 4.69) is 11.9 Å². The Balaban J connectivity index is 1.75. The first-order valence-corrected chi connectivity index (χ1v) is 9.95. The minimum absolute atomic E-state index is 0.356. The summed E-state index contributed by atoms with van der Waals surface area (Å²) in [5, 5.41) is 10.3. The summed E-state index contributed by atoms with van der Waals surface area (Å²) in [7, 11) is 0. The van der Waals surface area contributed by atoms with Gasteiger partial charge in [-0.3, -0.25) is 0 Å². The second kappa shape index (κ2) is 11.0. The summed E-state index contributed by atoms with van der Waals surface area (Å²) in [5.41, 5.74) is 3.03. The van der Waals surface area contributed by atoms with Crippen molar-refractivity contribution >= 4 is 0 Å². The quantitative estimate of drug-likeness (QED) is 0.430. The van der Waals surface area contributed by atoms with Gasteiger partial charge in [0.25, 0.3) is 0 Å². The third-order valence-corrected chi connectivity index (χ3v) is 4.92. The van der Waals surface area contributed by atoms with Crippen LogP contribution in [-0.2, 0) is 6.42 Å². The van der Waals surface area contributed by atoms with Crippen molar-refractivity contribution in [1.82, 2.24) is 4.98 Å². The van der Waals surface area contributed by atoms with Crippen LogP contribution in [0.25, 0.3) is 11.5 Å². The van der Waals surface area contributed by atoms with Crippen LogP contribution in [0.1, 0.15) is 82.3 Å². The number of aryl methyl sites for hydroxylation is 1. The van der Waals surface area contributed by atoms with E-state index in [1.807, 2.05) is 13.0 Å². The standard InChI is InChI=1S/C22H33NO2/c1-3-4-5-6-7-8-9-10-11-12-13-19-20(24)15-14-18(2)21(19)22-23-16-17-25-22/h14-17,24H,3-13H2,1-2H3. The van der Waals surface area contributed by atoms with E-state index in [0.717, 1.165) is 29.5 Å². The van der Waals surface area contributed by atoms with Crippen molar-refractivity contribution in [2.45, 2.75) is 84.5 Å². The third kappa shape index (κ3) is 6.22. The van der Waals surface area contributed by atoms with Crippen LogP contribution in [0.15, 0.2) is 29.0 Å². The number of unbranched alkanes of at least 4 members (excludes halogenated alkanes) is 9. The van der Waals surface area contributed by atoms with Crippen LogP contribution in [0.2, 0.25) is 0 Å². The molecule has 25 heavy (non-hydrogen) atoms. The van der Waals surface area contributed by atoms with E-state index in [4.69, 9.17) is 4.42 Å². The molecule has 138 valence electrons. The molecule has 1 N–H and O–H groups in total. The highest BCUT2D eigenvalue weighted by Crippen LogP contribution is 2.33. The van der Waals surface area contributed by atoms with E-state index in [-0.39, 0.29) is 0 Å². The molecule has 2 rings (SSSR count). The summed E-state index contributed by atoms with van der Waals surface area (Å²) in [6.07, 6.45) is 17.3. The number of oxazole rings is 1. The maximum absolute atomic E-state index is 10.3. The predicted molar refractivity (Wildman–Crippen MR) is 104 cm³/mol. The van der Waals surface area contributed by atoms with Gasteiger partial charge >= 0.3 is 0 Å². The number of nitrogens with zero attached hydrogens (tertiary/aromatic N) is 1. The lowest BCUT2D eigenvalue weighted by Gasteiger charge is -2.12. The Kier molecular flexibility index (Phi) is 8.58. The van der Waals surface area contributed by atoms with Gasteiger partial charge in [-0.15, -0.1) is 0 Å². The summed E-state index contributed by atoms with van der Waals surface area (Å²) in [5.74, 6) is 0.963. The molecule has 0 aliphatic heterocycles. The molecule has 0 amide bonds. The van der Waals surface area contributed by atoms with Crippen LogP contribution in [-0.4, -0.2) is 10.1 Å². The van der Waals surface area contributed by atoms with Crippen molar-refractivity contribution in [3.8, 4) is 17.2 Å². The van der Waals surface area contributed by atoms with E-state index < -0.39 is 0 Å². The van der Waals surface area contributed by atoms with Gasteiger partial charge in [0, 0.05) is 11.1 Å². The SMILES string of the molecule is CCCCCCCCCCCCc1c(O)ccc(C)c1-c1ncco1. The molecule has 0 bridgehead atoms. The highest BCUT2D eigenvalue weighted by Gasteiger charge is 2.15. The van der Waals surface area contributed by atoms with Crippen LogP contribution in [0.3, 0.4) is 0 Å². The van der Waals surface area contributed by atoms with E-state index in [1.165, 1.54) is 57.8 Å². The van der Waals surface area contributed by atoms with Gasteiger partial charge in [-0.2, -0.15) is 0 Å². The van der Waals surface area contributed by atoms with E-state index in [9.17, 15) is 5.11 Å². The molecular weight excluding hydrogens is 310 g/mol. The lowest BCUT2D eigenvalue weighted by Crippen LogP contribution is -1.95.